The molecule has 2 aromatic rings. The van der Waals surface area contributed by atoms with Crippen LogP contribution in [0.5, 0.6) is 0 Å². The molecule has 1 aromatic heterocycles. The van der Waals surface area contributed by atoms with E-state index in [0.29, 0.717) is 19.4 Å². The number of fused-ring (bicyclic) bond motifs is 1. The van der Waals surface area contributed by atoms with Gasteiger partial charge < -0.3 is 4.98 Å². The average Bonchev–Trinajstić information content (AvgIpc) is 3.40. The van der Waals surface area contributed by atoms with E-state index in [0.717, 1.165) is 62.3 Å². The highest BCUT2D eigenvalue weighted by molar-refractivity contribution is 6.31. The fourth-order valence-electron chi connectivity index (χ4n) is 5.88. The molecule has 3 aliphatic rings. The van der Waals surface area contributed by atoms with Gasteiger partial charge in [-0.15, -0.1) is 0 Å². The van der Waals surface area contributed by atoms with E-state index in [4.69, 9.17) is 11.6 Å². The molecule has 1 spiro atoms. The number of rotatable bonds is 6. The third-order valence-corrected chi connectivity index (χ3v) is 7.94. The van der Waals surface area contributed by atoms with Gasteiger partial charge >= 0.3 is 0 Å². The third kappa shape index (κ3) is 4.38. The summed E-state index contributed by atoms with van der Waals surface area (Å²) in [6.07, 6.45) is 12.9. The molecule has 2 amide bonds. The standard InChI is InChI=1S/C26H32ClN3O2/c27-20-5-6-23-21(15-20)22(18-28-23)19-7-13-29(14-8-19)11-3-4-12-30-24(31)16-26(17-25(30)32)9-1-2-10-26/h5-7,15,18,28H,1-4,8-14,16-17H2. The van der Waals surface area contributed by atoms with Gasteiger partial charge in [0, 0.05) is 60.2 Å². The molecule has 6 heteroatoms. The maximum atomic E-state index is 12.6. The van der Waals surface area contributed by atoms with Gasteiger partial charge in [0.15, 0.2) is 0 Å². The van der Waals surface area contributed by atoms with Crippen LogP contribution >= 0.6 is 11.6 Å². The molecular formula is C26H32ClN3O2. The van der Waals surface area contributed by atoms with Gasteiger partial charge in [-0.3, -0.25) is 19.4 Å². The Labute approximate surface area is 194 Å². The van der Waals surface area contributed by atoms with Crippen LogP contribution in [-0.4, -0.2) is 52.8 Å². The summed E-state index contributed by atoms with van der Waals surface area (Å²) in [5, 5.41) is 1.95. The van der Waals surface area contributed by atoms with Crippen LogP contribution in [0.15, 0.2) is 30.5 Å². The Kier molecular flexibility index (Phi) is 6.13. The largest absolute Gasteiger partial charge is 0.361 e. The number of carbonyl (C=O) groups excluding carboxylic acids is 2. The number of benzene rings is 1. The first-order valence-corrected chi connectivity index (χ1v) is 12.4. The topological polar surface area (TPSA) is 56.4 Å². The minimum absolute atomic E-state index is 0.00135. The molecule has 170 valence electrons. The van der Waals surface area contributed by atoms with Gasteiger partial charge in [-0.05, 0) is 67.8 Å². The van der Waals surface area contributed by atoms with Gasteiger partial charge in [-0.2, -0.15) is 0 Å². The molecule has 32 heavy (non-hydrogen) atoms. The van der Waals surface area contributed by atoms with Crippen molar-refractivity contribution < 1.29 is 9.59 Å². The molecular weight excluding hydrogens is 422 g/mol. The Morgan fingerprint density at radius 1 is 1.03 bits per heavy atom. The maximum Gasteiger partial charge on any atom is 0.229 e. The number of imide groups is 1. The summed E-state index contributed by atoms with van der Waals surface area (Å²) in [5.41, 5.74) is 3.75. The van der Waals surface area contributed by atoms with Crippen molar-refractivity contribution in [1.82, 2.24) is 14.8 Å². The second-order valence-electron chi connectivity index (χ2n) is 9.88. The summed E-state index contributed by atoms with van der Waals surface area (Å²) >= 11 is 6.20. The summed E-state index contributed by atoms with van der Waals surface area (Å²) in [7, 11) is 0. The fourth-order valence-corrected chi connectivity index (χ4v) is 6.06. The van der Waals surface area contributed by atoms with Crippen molar-refractivity contribution in [3.63, 3.8) is 0 Å². The van der Waals surface area contributed by atoms with E-state index >= 15 is 0 Å². The summed E-state index contributed by atoms with van der Waals surface area (Å²) in [6, 6.07) is 5.98. The first kappa shape index (κ1) is 21.7. The van der Waals surface area contributed by atoms with Crippen molar-refractivity contribution in [3.8, 4) is 0 Å². The van der Waals surface area contributed by atoms with Crippen LogP contribution in [0.3, 0.4) is 0 Å². The van der Waals surface area contributed by atoms with Crippen LogP contribution in [0.2, 0.25) is 5.02 Å². The van der Waals surface area contributed by atoms with Crippen molar-refractivity contribution in [2.24, 2.45) is 5.41 Å². The average molecular weight is 454 g/mol. The molecule has 0 bridgehead atoms. The van der Waals surface area contributed by atoms with Gasteiger partial charge in [0.05, 0.1) is 0 Å². The number of carbonyl (C=O) groups is 2. The van der Waals surface area contributed by atoms with Crippen LogP contribution in [0, 0.1) is 5.41 Å². The van der Waals surface area contributed by atoms with Gasteiger partial charge in [0.1, 0.15) is 0 Å². The molecule has 2 aliphatic heterocycles. The highest BCUT2D eigenvalue weighted by Crippen LogP contribution is 2.46. The molecule has 1 aromatic carbocycles. The summed E-state index contributed by atoms with van der Waals surface area (Å²) in [4.78, 5) is 32.5. The molecule has 2 fully saturated rings. The lowest BCUT2D eigenvalue weighted by atomic mass is 9.76. The number of aromatic amines is 1. The predicted molar refractivity (Wildman–Crippen MR) is 128 cm³/mol. The van der Waals surface area contributed by atoms with Crippen LogP contribution in [0.25, 0.3) is 16.5 Å². The smallest absolute Gasteiger partial charge is 0.229 e. The third-order valence-electron chi connectivity index (χ3n) is 7.71. The van der Waals surface area contributed by atoms with Crippen molar-refractivity contribution in [2.45, 2.75) is 57.8 Å². The van der Waals surface area contributed by atoms with E-state index in [1.165, 1.54) is 29.4 Å². The minimum atomic E-state index is -0.00135. The lowest BCUT2D eigenvalue weighted by molar-refractivity contribution is -0.153. The number of halogens is 1. The predicted octanol–water partition coefficient (Wildman–Crippen LogP) is 5.40. The molecule has 0 radical (unpaired) electrons. The zero-order valence-corrected chi connectivity index (χ0v) is 19.4. The van der Waals surface area contributed by atoms with Crippen molar-refractivity contribution in [3.05, 3.63) is 41.1 Å². The van der Waals surface area contributed by atoms with E-state index in [1.54, 1.807) is 4.90 Å². The minimum Gasteiger partial charge on any atom is -0.361 e. The summed E-state index contributed by atoms with van der Waals surface area (Å²) < 4.78 is 0. The van der Waals surface area contributed by atoms with E-state index in [2.05, 4.69) is 22.2 Å². The molecule has 5 nitrogen and oxygen atoms in total. The molecule has 1 saturated heterocycles. The number of nitrogens with one attached hydrogen (secondary N) is 1. The second-order valence-corrected chi connectivity index (χ2v) is 10.3. The molecule has 0 atom stereocenters. The van der Waals surface area contributed by atoms with Gasteiger partial charge in [-0.25, -0.2) is 0 Å². The SMILES string of the molecule is O=C1CC2(CCCC2)CC(=O)N1CCCCN1CC=C(c2c[nH]c3ccc(Cl)cc23)CC1. The van der Waals surface area contributed by atoms with Gasteiger partial charge in [0.2, 0.25) is 11.8 Å². The van der Waals surface area contributed by atoms with Crippen LogP contribution in [0.1, 0.15) is 63.4 Å². The van der Waals surface area contributed by atoms with Crippen molar-refractivity contribution in [2.75, 3.05) is 26.2 Å². The van der Waals surface area contributed by atoms with Gasteiger partial charge in [0.25, 0.3) is 0 Å². The summed E-state index contributed by atoms with van der Waals surface area (Å²) in [6.45, 7) is 3.55. The number of piperidine rings is 1. The van der Waals surface area contributed by atoms with E-state index in [1.807, 2.05) is 18.2 Å². The zero-order valence-electron chi connectivity index (χ0n) is 18.7. The Morgan fingerprint density at radius 3 is 2.50 bits per heavy atom. The van der Waals surface area contributed by atoms with Crippen molar-refractivity contribution in [1.29, 1.82) is 0 Å². The highest BCUT2D eigenvalue weighted by Gasteiger charge is 2.44. The monoisotopic (exact) mass is 453 g/mol. The summed E-state index contributed by atoms with van der Waals surface area (Å²) in [5.74, 6) is 0.125. The van der Waals surface area contributed by atoms with E-state index < -0.39 is 0 Å². The van der Waals surface area contributed by atoms with Crippen LogP contribution in [0.4, 0.5) is 0 Å². The zero-order chi connectivity index (χ0) is 22.1. The quantitative estimate of drug-likeness (QED) is 0.470. The number of nitrogens with zero attached hydrogens (tertiary/aromatic N) is 2. The molecule has 5 rings (SSSR count). The molecule has 1 aliphatic carbocycles. The van der Waals surface area contributed by atoms with E-state index in [9.17, 15) is 9.59 Å². The molecule has 1 saturated carbocycles. The number of hydrogen-bond donors (Lipinski definition) is 1. The second kappa shape index (κ2) is 9.03. The first-order valence-electron chi connectivity index (χ1n) is 12.0. The Hall–Kier alpha value is -2.11. The molecule has 0 unspecified atom stereocenters. The van der Waals surface area contributed by atoms with E-state index in [-0.39, 0.29) is 17.2 Å². The maximum absolute atomic E-state index is 12.6. The van der Waals surface area contributed by atoms with Crippen LogP contribution in [-0.2, 0) is 9.59 Å². The Bertz CT molecular complexity index is 1030. The van der Waals surface area contributed by atoms with Crippen LogP contribution < -0.4 is 0 Å². The first-order chi connectivity index (χ1) is 15.5. The highest BCUT2D eigenvalue weighted by atomic mass is 35.5. The lowest BCUT2D eigenvalue weighted by Crippen LogP contribution is -2.47. The van der Waals surface area contributed by atoms with Gasteiger partial charge in [-0.1, -0.05) is 30.5 Å². The molecule has 1 N–H and O–H groups in total. The number of H-pyrrole nitrogens is 1. The number of hydrogen-bond acceptors (Lipinski definition) is 3. The number of likely N-dealkylation sites (tertiary alicyclic amines) is 1. The fraction of sp³-hybridized carbons (Fsp3) is 0.538. The molecule has 3 heterocycles. The Morgan fingerprint density at radius 2 is 1.78 bits per heavy atom. The Balaban J connectivity index is 1.09. The normalized spacial score (nSPS) is 21.7. The number of amides is 2. The number of aromatic nitrogens is 1. The van der Waals surface area contributed by atoms with Crippen molar-refractivity contribution >= 4 is 39.9 Å². The number of unbranched alkanes of at least 4 members (excludes halogenated alkanes) is 1. The lowest BCUT2D eigenvalue weighted by Gasteiger charge is -2.37.